The van der Waals surface area contributed by atoms with Crippen LogP contribution in [0.3, 0.4) is 0 Å². The molecule has 0 atom stereocenters. The van der Waals surface area contributed by atoms with E-state index < -0.39 is 0 Å². The van der Waals surface area contributed by atoms with Crippen LogP contribution in [0.5, 0.6) is 0 Å². The van der Waals surface area contributed by atoms with Crippen LogP contribution in [-0.2, 0) is 4.79 Å². The second-order valence-corrected chi connectivity index (χ2v) is 7.13. The van der Waals surface area contributed by atoms with Gasteiger partial charge < -0.3 is 20.1 Å². The summed E-state index contributed by atoms with van der Waals surface area (Å²) in [6.45, 7) is 4.60. The van der Waals surface area contributed by atoms with Crippen molar-refractivity contribution in [3.63, 3.8) is 0 Å². The topological polar surface area (TPSA) is 64.3 Å². The Morgan fingerprint density at radius 1 is 1.28 bits per heavy atom. The third-order valence-corrected chi connectivity index (χ3v) is 4.59. The molecule has 4 rings (SSSR count). The summed E-state index contributed by atoms with van der Waals surface area (Å²) < 4.78 is 13.5. The average molecular weight is 391 g/mol. The van der Waals surface area contributed by atoms with Crippen LogP contribution in [0.25, 0.3) is 10.9 Å². The smallest absolute Gasteiger partial charge is 0.168 e. The Labute approximate surface area is 168 Å². The number of nitrogens with one attached hydrogen (secondary N) is 2. The lowest BCUT2D eigenvalue weighted by molar-refractivity contribution is -0.105. The Bertz CT molecular complexity index is 1100. The van der Waals surface area contributed by atoms with Gasteiger partial charge in [-0.05, 0) is 56.3 Å². The summed E-state index contributed by atoms with van der Waals surface area (Å²) in [6.07, 6.45) is 8.12. The molecule has 0 fully saturated rings. The van der Waals surface area contributed by atoms with Crippen molar-refractivity contribution in [2.75, 3.05) is 21.7 Å². The second kappa shape index (κ2) is 7.79. The first kappa shape index (κ1) is 18.7. The maximum atomic E-state index is 13.5. The van der Waals surface area contributed by atoms with Crippen LogP contribution in [0, 0.1) is 5.82 Å². The molecule has 2 N–H and O–H groups in total. The number of anilines is 3. The minimum atomic E-state index is -0.295. The van der Waals surface area contributed by atoms with E-state index in [0.29, 0.717) is 18.1 Å². The summed E-state index contributed by atoms with van der Waals surface area (Å²) >= 11 is 0. The Morgan fingerprint density at radius 2 is 2.14 bits per heavy atom. The molecule has 29 heavy (non-hydrogen) atoms. The monoisotopic (exact) mass is 391 g/mol. The quantitative estimate of drug-likeness (QED) is 0.631. The number of aldehydes is 1. The van der Waals surface area contributed by atoms with Gasteiger partial charge in [-0.3, -0.25) is 4.79 Å². The molecule has 0 amide bonds. The standard InChI is InChI=1S/C22H22FN5O/c1-15(2)25-20-5-3-8-24-22(20)27-9-4-10-28(18(13-27)14-29)21-12-16-11-17(23)6-7-19(16)26-21/h3-9,11-15,25-26H,10H2,1-2H3. The number of benzene rings is 1. The van der Waals surface area contributed by atoms with Crippen LogP contribution in [-0.4, -0.2) is 28.8 Å². The van der Waals surface area contributed by atoms with Gasteiger partial charge in [0, 0.05) is 42.1 Å². The van der Waals surface area contributed by atoms with Gasteiger partial charge in [-0.15, -0.1) is 0 Å². The number of pyridine rings is 1. The first-order valence-corrected chi connectivity index (χ1v) is 9.44. The van der Waals surface area contributed by atoms with Crippen molar-refractivity contribution >= 4 is 34.5 Å². The molecule has 1 aromatic carbocycles. The SMILES string of the molecule is CC(C)Nc1cccnc1N1C=CCN(c2cc3cc(F)ccc3[nH]2)C(C=O)=C1. The fraction of sp³-hybridized carbons (Fsp3) is 0.182. The number of carbonyl (C=O) groups is 1. The summed E-state index contributed by atoms with van der Waals surface area (Å²) in [7, 11) is 0. The van der Waals surface area contributed by atoms with E-state index in [1.165, 1.54) is 12.1 Å². The Hall–Kier alpha value is -3.61. The van der Waals surface area contributed by atoms with Crippen molar-refractivity contribution in [2.24, 2.45) is 0 Å². The molecule has 6 nitrogen and oxygen atoms in total. The van der Waals surface area contributed by atoms with E-state index in [1.54, 1.807) is 18.5 Å². The summed E-state index contributed by atoms with van der Waals surface area (Å²) in [5, 5.41) is 4.13. The van der Waals surface area contributed by atoms with Gasteiger partial charge in [0.2, 0.25) is 0 Å². The third kappa shape index (κ3) is 3.85. The summed E-state index contributed by atoms with van der Waals surface area (Å²) in [5.74, 6) is 1.13. The van der Waals surface area contributed by atoms with Gasteiger partial charge in [0.15, 0.2) is 12.1 Å². The molecule has 7 heteroatoms. The van der Waals surface area contributed by atoms with Gasteiger partial charge in [0.05, 0.1) is 11.4 Å². The van der Waals surface area contributed by atoms with Gasteiger partial charge in [0.25, 0.3) is 0 Å². The largest absolute Gasteiger partial charge is 0.380 e. The molecule has 1 aliphatic rings. The highest BCUT2D eigenvalue weighted by molar-refractivity contribution is 5.88. The molecule has 2 aromatic heterocycles. The number of nitrogens with zero attached hydrogens (tertiary/aromatic N) is 3. The van der Waals surface area contributed by atoms with Crippen molar-refractivity contribution in [3.05, 3.63) is 72.6 Å². The van der Waals surface area contributed by atoms with Crippen LogP contribution < -0.4 is 15.1 Å². The van der Waals surface area contributed by atoms with Crippen LogP contribution in [0.1, 0.15) is 13.8 Å². The number of aromatic amines is 1. The molecule has 3 aromatic rings. The fourth-order valence-corrected chi connectivity index (χ4v) is 3.35. The molecule has 0 spiro atoms. The number of hydrogen-bond acceptors (Lipinski definition) is 5. The molecule has 0 saturated carbocycles. The maximum Gasteiger partial charge on any atom is 0.168 e. The maximum absolute atomic E-state index is 13.5. The number of aromatic nitrogens is 2. The number of halogens is 1. The van der Waals surface area contributed by atoms with Crippen LogP contribution in [0.2, 0.25) is 0 Å². The number of rotatable bonds is 5. The van der Waals surface area contributed by atoms with Crippen molar-refractivity contribution in [2.45, 2.75) is 19.9 Å². The van der Waals surface area contributed by atoms with E-state index in [-0.39, 0.29) is 11.9 Å². The normalized spacial score (nSPS) is 14.3. The van der Waals surface area contributed by atoms with E-state index in [0.717, 1.165) is 28.7 Å². The molecule has 148 valence electrons. The lowest BCUT2D eigenvalue weighted by Gasteiger charge is -2.22. The average Bonchev–Trinajstić information content (AvgIpc) is 2.98. The van der Waals surface area contributed by atoms with Gasteiger partial charge in [0.1, 0.15) is 11.6 Å². The highest BCUT2D eigenvalue weighted by atomic mass is 19.1. The number of hydrogen-bond donors (Lipinski definition) is 2. The minimum Gasteiger partial charge on any atom is -0.380 e. The van der Waals surface area contributed by atoms with Gasteiger partial charge in [-0.25, -0.2) is 9.37 Å². The molecule has 0 bridgehead atoms. The van der Waals surface area contributed by atoms with Crippen molar-refractivity contribution in [1.29, 1.82) is 0 Å². The van der Waals surface area contributed by atoms with E-state index in [1.807, 2.05) is 40.3 Å². The number of carbonyl (C=O) groups excluding carboxylic acids is 1. The number of allylic oxidation sites excluding steroid dienone is 1. The zero-order chi connectivity index (χ0) is 20.4. The molecule has 3 heterocycles. The van der Waals surface area contributed by atoms with E-state index in [2.05, 4.69) is 29.1 Å². The second-order valence-electron chi connectivity index (χ2n) is 7.13. The number of fused-ring (bicyclic) bond motifs is 1. The van der Waals surface area contributed by atoms with E-state index in [9.17, 15) is 9.18 Å². The summed E-state index contributed by atoms with van der Waals surface area (Å²) in [4.78, 5) is 23.4. The molecule has 1 aliphatic heterocycles. The van der Waals surface area contributed by atoms with Crippen LogP contribution >= 0.6 is 0 Å². The zero-order valence-electron chi connectivity index (χ0n) is 16.3. The molecular weight excluding hydrogens is 369 g/mol. The van der Waals surface area contributed by atoms with Crippen LogP contribution in [0.4, 0.5) is 21.7 Å². The highest BCUT2D eigenvalue weighted by Gasteiger charge is 2.19. The lowest BCUT2D eigenvalue weighted by atomic mass is 10.2. The number of H-pyrrole nitrogens is 1. The molecule has 0 aliphatic carbocycles. The Kier molecular flexibility index (Phi) is 5.03. The van der Waals surface area contributed by atoms with Crippen molar-refractivity contribution in [1.82, 2.24) is 9.97 Å². The summed E-state index contributed by atoms with van der Waals surface area (Å²) in [6, 6.07) is 10.5. The lowest BCUT2D eigenvalue weighted by Crippen LogP contribution is -2.24. The molecule has 0 saturated heterocycles. The van der Waals surface area contributed by atoms with Gasteiger partial charge >= 0.3 is 0 Å². The summed E-state index contributed by atoms with van der Waals surface area (Å²) in [5.41, 5.74) is 2.15. The molecular formula is C22H22FN5O. The van der Waals surface area contributed by atoms with Gasteiger partial charge in [-0.2, -0.15) is 0 Å². The minimum absolute atomic E-state index is 0.242. The zero-order valence-corrected chi connectivity index (χ0v) is 16.3. The van der Waals surface area contributed by atoms with Crippen LogP contribution in [0.15, 0.2) is 66.8 Å². The van der Waals surface area contributed by atoms with Crippen molar-refractivity contribution in [3.8, 4) is 0 Å². The van der Waals surface area contributed by atoms with Crippen molar-refractivity contribution < 1.29 is 9.18 Å². The Morgan fingerprint density at radius 3 is 2.93 bits per heavy atom. The first-order chi connectivity index (χ1) is 14.0. The van der Waals surface area contributed by atoms with E-state index in [4.69, 9.17) is 0 Å². The first-order valence-electron chi connectivity index (χ1n) is 9.44. The Balaban J connectivity index is 1.72. The third-order valence-electron chi connectivity index (χ3n) is 4.59. The molecule has 0 radical (unpaired) electrons. The molecule has 0 unspecified atom stereocenters. The highest BCUT2D eigenvalue weighted by Crippen LogP contribution is 2.29. The predicted molar refractivity (Wildman–Crippen MR) is 114 cm³/mol. The fourth-order valence-electron chi connectivity index (χ4n) is 3.35. The van der Waals surface area contributed by atoms with E-state index >= 15 is 0 Å². The predicted octanol–water partition coefficient (Wildman–Crippen LogP) is 4.40. The van der Waals surface area contributed by atoms with Gasteiger partial charge in [-0.1, -0.05) is 0 Å².